The van der Waals surface area contributed by atoms with Crippen LogP contribution in [0.5, 0.6) is 5.75 Å². The summed E-state index contributed by atoms with van der Waals surface area (Å²) < 4.78 is 7.68. The van der Waals surface area contributed by atoms with Crippen molar-refractivity contribution in [2.75, 3.05) is 11.6 Å². The zero-order valence-electron chi connectivity index (χ0n) is 23.1. The highest BCUT2D eigenvalue weighted by molar-refractivity contribution is 6.31. The molecular formula is C32H29ClN8O2. The van der Waals surface area contributed by atoms with Crippen LogP contribution < -0.4 is 32.3 Å². The molecule has 3 atom stereocenters. The van der Waals surface area contributed by atoms with Crippen LogP contribution in [0.2, 0.25) is 5.02 Å². The lowest BCUT2D eigenvalue weighted by molar-refractivity contribution is 0.305. The molecule has 0 fully saturated rings. The predicted octanol–water partition coefficient (Wildman–Crippen LogP) is 4.30. The zero-order valence-corrected chi connectivity index (χ0v) is 23.9. The summed E-state index contributed by atoms with van der Waals surface area (Å²) in [5, 5.41) is 18.3. The molecule has 3 unspecified atom stereocenters. The first-order valence-corrected chi connectivity index (χ1v) is 14.2. The number of nitrogens with two attached hydrogens (primary N) is 2. The van der Waals surface area contributed by atoms with Crippen LogP contribution in [0.3, 0.4) is 0 Å². The summed E-state index contributed by atoms with van der Waals surface area (Å²) in [7, 11) is 0. The minimum atomic E-state index is -0.396. The summed E-state index contributed by atoms with van der Waals surface area (Å²) in [5.74, 6) is 12.8. The fraction of sp³-hybridized carbons (Fsp3) is 0.188. The van der Waals surface area contributed by atoms with Crippen molar-refractivity contribution < 1.29 is 4.74 Å². The van der Waals surface area contributed by atoms with Crippen LogP contribution in [-0.2, 0) is 6.42 Å². The maximum absolute atomic E-state index is 13.8. The average molecular weight is 593 g/mol. The van der Waals surface area contributed by atoms with Gasteiger partial charge in [-0.3, -0.25) is 14.8 Å². The number of benzene rings is 3. The Hall–Kier alpha value is -5.11. The standard InChI is InChI=1S/C32H29ClN8O2/c33-23-7-9-27(41(36)19-37-35)25(17-23)22-10-12-40(30(42)16-22)28(14-20-4-2-1-3-5-20)32-38-26-11-13-43-29-15-21(18-34)6-8-24(29)31(26)39-32/h1-10,12,15-17,19,26,28,31H,11,13-14,35-36H2,(H,38,39)/b37-19-. The third kappa shape index (κ3) is 5.68. The third-order valence-corrected chi connectivity index (χ3v) is 7.99. The molecule has 0 aliphatic carbocycles. The van der Waals surface area contributed by atoms with Crippen molar-refractivity contribution in [2.45, 2.75) is 31.0 Å². The van der Waals surface area contributed by atoms with Gasteiger partial charge in [-0.05, 0) is 47.5 Å². The molecular weight excluding hydrogens is 564 g/mol. The van der Waals surface area contributed by atoms with Crippen LogP contribution >= 0.6 is 11.6 Å². The number of rotatable bonds is 7. The number of halogens is 1. The maximum atomic E-state index is 13.8. The van der Waals surface area contributed by atoms with Crippen molar-refractivity contribution in [2.24, 2.45) is 21.8 Å². The molecule has 4 aromatic rings. The molecule has 6 rings (SSSR count). The van der Waals surface area contributed by atoms with Crippen molar-refractivity contribution in [1.29, 1.82) is 5.26 Å². The Balaban J connectivity index is 1.41. The van der Waals surface area contributed by atoms with Crippen LogP contribution in [0.25, 0.3) is 11.1 Å². The molecule has 43 heavy (non-hydrogen) atoms. The molecule has 216 valence electrons. The minimum absolute atomic E-state index is 0.00815. The summed E-state index contributed by atoms with van der Waals surface area (Å²) in [6.07, 6.45) is 4.33. The van der Waals surface area contributed by atoms with E-state index in [1.807, 2.05) is 42.5 Å². The second-order valence-electron chi connectivity index (χ2n) is 10.4. The van der Waals surface area contributed by atoms with E-state index < -0.39 is 6.04 Å². The van der Waals surface area contributed by atoms with E-state index >= 15 is 0 Å². The lowest BCUT2D eigenvalue weighted by Crippen LogP contribution is -2.40. The first-order chi connectivity index (χ1) is 20.9. The van der Waals surface area contributed by atoms with Gasteiger partial charge in [0, 0.05) is 41.3 Å². The average Bonchev–Trinajstić information content (AvgIpc) is 3.36. The van der Waals surface area contributed by atoms with E-state index in [1.54, 1.807) is 47.2 Å². The van der Waals surface area contributed by atoms with Crippen molar-refractivity contribution in [3.63, 3.8) is 0 Å². The number of hydrazine groups is 1. The summed E-state index contributed by atoms with van der Waals surface area (Å²) in [6, 6.07) is 25.7. The first kappa shape index (κ1) is 28.0. The van der Waals surface area contributed by atoms with Crippen molar-refractivity contribution in [1.82, 2.24) is 9.88 Å². The molecule has 1 aromatic heterocycles. The van der Waals surface area contributed by atoms with E-state index in [1.165, 1.54) is 11.3 Å². The number of hydrazone groups is 1. The molecule has 3 aromatic carbocycles. The number of ether oxygens (including phenoxy) is 1. The fourth-order valence-corrected chi connectivity index (χ4v) is 5.86. The van der Waals surface area contributed by atoms with Crippen LogP contribution in [-0.4, -0.2) is 29.4 Å². The lowest BCUT2D eigenvalue weighted by Gasteiger charge is -2.23. The van der Waals surface area contributed by atoms with Gasteiger partial charge in [0.1, 0.15) is 24.0 Å². The van der Waals surface area contributed by atoms with Crippen LogP contribution in [0.4, 0.5) is 5.69 Å². The van der Waals surface area contributed by atoms with Crippen LogP contribution in [0, 0.1) is 11.3 Å². The number of hydrogen-bond donors (Lipinski definition) is 3. The Kier molecular flexibility index (Phi) is 7.83. The Morgan fingerprint density at radius 1 is 1.19 bits per heavy atom. The highest BCUT2D eigenvalue weighted by Gasteiger charge is 2.37. The van der Waals surface area contributed by atoms with Gasteiger partial charge >= 0.3 is 0 Å². The summed E-state index contributed by atoms with van der Waals surface area (Å²) in [6.45, 7) is 0.492. The Morgan fingerprint density at radius 3 is 2.79 bits per heavy atom. The number of nitrogens with zero attached hydrogens (tertiary/aromatic N) is 5. The summed E-state index contributed by atoms with van der Waals surface area (Å²) in [4.78, 5) is 19.0. The van der Waals surface area contributed by atoms with Crippen molar-refractivity contribution in [3.05, 3.63) is 117 Å². The second-order valence-corrected chi connectivity index (χ2v) is 10.8. The Morgan fingerprint density at radius 2 is 2.02 bits per heavy atom. The van der Waals surface area contributed by atoms with Gasteiger partial charge in [0.2, 0.25) is 0 Å². The van der Waals surface area contributed by atoms with Gasteiger partial charge in [-0.1, -0.05) is 48.0 Å². The Bertz CT molecular complexity index is 1810. The SMILES string of the molecule is N#Cc1ccc2c(c1)OCCC1NC(C(Cc3ccccc3)n3ccc(-c4cc(Cl)ccc4N(N)/C=N\N)cc3=O)=NC21. The quantitative estimate of drug-likeness (QED) is 0.125. The van der Waals surface area contributed by atoms with E-state index in [2.05, 4.69) is 16.5 Å². The van der Waals surface area contributed by atoms with E-state index in [-0.39, 0.29) is 17.6 Å². The van der Waals surface area contributed by atoms with Gasteiger partial charge in [-0.25, -0.2) is 5.84 Å². The number of nitrogens with one attached hydrogen (secondary N) is 1. The topological polar surface area (TPSA) is 147 Å². The van der Waals surface area contributed by atoms with Gasteiger partial charge in [0.05, 0.1) is 36.0 Å². The van der Waals surface area contributed by atoms with Gasteiger partial charge in [-0.15, -0.1) is 0 Å². The maximum Gasteiger partial charge on any atom is 0.251 e. The first-order valence-electron chi connectivity index (χ1n) is 13.8. The zero-order chi connectivity index (χ0) is 29.9. The molecule has 2 aliphatic heterocycles. The van der Waals surface area contributed by atoms with Gasteiger partial charge in [0.15, 0.2) is 0 Å². The number of nitriles is 1. The molecule has 0 radical (unpaired) electrons. The molecule has 11 heteroatoms. The predicted molar refractivity (Wildman–Crippen MR) is 168 cm³/mol. The molecule has 0 spiro atoms. The molecule has 0 bridgehead atoms. The molecule has 0 saturated heterocycles. The summed E-state index contributed by atoms with van der Waals surface area (Å²) in [5.41, 5.74) is 4.20. The third-order valence-electron chi connectivity index (χ3n) is 7.75. The van der Waals surface area contributed by atoms with Gasteiger partial charge in [-0.2, -0.15) is 10.4 Å². The minimum Gasteiger partial charge on any atom is -0.493 e. The normalized spacial score (nSPS) is 17.9. The number of aromatic nitrogens is 1. The number of anilines is 1. The number of aliphatic imine (C=N–C) groups is 1. The van der Waals surface area contributed by atoms with Crippen molar-refractivity contribution >= 4 is 29.5 Å². The van der Waals surface area contributed by atoms with E-state index in [9.17, 15) is 10.1 Å². The highest BCUT2D eigenvalue weighted by atomic mass is 35.5. The number of hydrogen-bond acceptors (Lipinski definition) is 8. The monoisotopic (exact) mass is 592 g/mol. The second kappa shape index (κ2) is 12.0. The number of pyridine rings is 1. The largest absolute Gasteiger partial charge is 0.493 e. The van der Waals surface area contributed by atoms with Gasteiger partial charge in [0.25, 0.3) is 5.56 Å². The molecule has 5 N–H and O–H groups in total. The fourth-order valence-electron chi connectivity index (χ4n) is 5.69. The molecule has 3 heterocycles. The highest BCUT2D eigenvalue weighted by Crippen LogP contribution is 2.39. The molecule has 0 saturated carbocycles. The van der Waals surface area contributed by atoms with E-state index in [0.29, 0.717) is 46.2 Å². The van der Waals surface area contributed by atoms with Crippen molar-refractivity contribution in [3.8, 4) is 22.9 Å². The Labute approximate surface area is 253 Å². The number of amidine groups is 1. The van der Waals surface area contributed by atoms with E-state index in [0.717, 1.165) is 23.4 Å². The lowest BCUT2D eigenvalue weighted by atomic mass is 9.98. The molecule has 2 aliphatic rings. The molecule has 0 amide bonds. The number of fused-ring (bicyclic) bond motifs is 3. The van der Waals surface area contributed by atoms with Crippen LogP contribution in [0.1, 0.15) is 35.2 Å². The summed E-state index contributed by atoms with van der Waals surface area (Å²) >= 11 is 6.32. The smallest absolute Gasteiger partial charge is 0.251 e. The molecule has 10 nitrogen and oxygen atoms in total. The van der Waals surface area contributed by atoms with Crippen LogP contribution in [0.15, 0.2) is 99.9 Å². The van der Waals surface area contributed by atoms with Gasteiger partial charge < -0.3 is 20.5 Å². The van der Waals surface area contributed by atoms with E-state index in [4.69, 9.17) is 33.0 Å².